The van der Waals surface area contributed by atoms with Crippen LogP contribution in [0.15, 0.2) is 18.2 Å². The fourth-order valence-electron chi connectivity index (χ4n) is 1.70. The number of benzene rings is 1. The van der Waals surface area contributed by atoms with Gasteiger partial charge in [0.15, 0.2) is 11.6 Å². The van der Waals surface area contributed by atoms with Gasteiger partial charge in [-0.25, -0.2) is 13.6 Å². The number of nitrogens with two attached hydrogens (primary N) is 1. The lowest BCUT2D eigenvalue weighted by molar-refractivity contribution is -0.120. The minimum absolute atomic E-state index is 0.0768. The summed E-state index contributed by atoms with van der Waals surface area (Å²) >= 11 is 0. The van der Waals surface area contributed by atoms with E-state index in [1.54, 1.807) is 18.9 Å². The Hall–Kier alpha value is -2.02. The van der Waals surface area contributed by atoms with Gasteiger partial charge >= 0.3 is 6.03 Å². The molecule has 0 fully saturated rings. The lowest BCUT2D eigenvalue weighted by atomic mass is 10.1. The molecule has 0 saturated carbocycles. The van der Waals surface area contributed by atoms with E-state index >= 15 is 0 Å². The minimum Gasteiger partial charge on any atom is -0.351 e. The first-order valence-corrected chi connectivity index (χ1v) is 6.05. The van der Waals surface area contributed by atoms with Crippen LogP contribution in [0.4, 0.5) is 13.6 Å². The van der Waals surface area contributed by atoms with Gasteiger partial charge in [0.2, 0.25) is 5.91 Å². The van der Waals surface area contributed by atoms with Gasteiger partial charge in [-0.05, 0) is 31.7 Å². The van der Waals surface area contributed by atoms with Gasteiger partial charge in [0.05, 0.1) is 0 Å². The SMILES string of the molecule is CC(c1ccc(F)c(F)c1)N(C)CCC(=O)NC(N)=O. The molecule has 3 amide bonds. The highest BCUT2D eigenvalue weighted by atomic mass is 19.2. The molecule has 0 radical (unpaired) electrons. The number of amides is 3. The largest absolute Gasteiger partial charge is 0.351 e. The molecule has 20 heavy (non-hydrogen) atoms. The molecule has 0 aliphatic rings. The molecular formula is C13H17F2N3O2. The third kappa shape index (κ3) is 4.58. The molecular weight excluding hydrogens is 268 g/mol. The zero-order valence-corrected chi connectivity index (χ0v) is 11.3. The van der Waals surface area contributed by atoms with Crippen LogP contribution in [0.5, 0.6) is 0 Å². The van der Waals surface area contributed by atoms with Gasteiger partial charge in [-0.1, -0.05) is 6.07 Å². The first-order chi connectivity index (χ1) is 9.31. The second-order valence-corrected chi connectivity index (χ2v) is 4.49. The van der Waals surface area contributed by atoms with Gasteiger partial charge in [0.1, 0.15) is 0 Å². The van der Waals surface area contributed by atoms with Crippen molar-refractivity contribution >= 4 is 11.9 Å². The number of hydrogen-bond acceptors (Lipinski definition) is 3. The van der Waals surface area contributed by atoms with E-state index in [9.17, 15) is 18.4 Å². The Balaban J connectivity index is 2.58. The molecule has 110 valence electrons. The maximum atomic E-state index is 13.2. The molecule has 1 unspecified atom stereocenters. The summed E-state index contributed by atoms with van der Waals surface area (Å²) in [6.07, 6.45) is 0.0768. The highest BCUT2D eigenvalue weighted by molar-refractivity contribution is 5.93. The Morgan fingerprint density at radius 1 is 1.35 bits per heavy atom. The van der Waals surface area contributed by atoms with Crippen molar-refractivity contribution in [1.29, 1.82) is 0 Å². The summed E-state index contributed by atoms with van der Waals surface area (Å²) in [6, 6.07) is 2.58. The highest BCUT2D eigenvalue weighted by Gasteiger charge is 2.15. The molecule has 1 aromatic rings. The topological polar surface area (TPSA) is 75.4 Å². The number of nitrogens with one attached hydrogen (secondary N) is 1. The first kappa shape index (κ1) is 16.0. The molecule has 0 spiro atoms. The van der Waals surface area contributed by atoms with E-state index in [1.165, 1.54) is 6.07 Å². The first-order valence-electron chi connectivity index (χ1n) is 6.05. The van der Waals surface area contributed by atoms with E-state index in [1.807, 2.05) is 5.32 Å². The number of carbonyl (C=O) groups is 2. The number of halogens is 2. The molecule has 1 rings (SSSR count). The zero-order valence-electron chi connectivity index (χ0n) is 11.3. The Kier molecular flexibility index (Phi) is 5.57. The van der Waals surface area contributed by atoms with E-state index < -0.39 is 23.6 Å². The molecule has 1 atom stereocenters. The zero-order chi connectivity index (χ0) is 15.3. The lowest BCUT2D eigenvalue weighted by Gasteiger charge is -2.24. The summed E-state index contributed by atoms with van der Waals surface area (Å²) in [4.78, 5) is 23.5. The second-order valence-electron chi connectivity index (χ2n) is 4.49. The monoisotopic (exact) mass is 285 g/mol. The molecule has 0 aliphatic carbocycles. The van der Waals surface area contributed by atoms with Crippen LogP contribution in [0.1, 0.15) is 24.9 Å². The molecule has 0 saturated heterocycles. The van der Waals surface area contributed by atoms with Crippen LogP contribution in [0.2, 0.25) is 0 Å². The number of nitrogens with zero attached hydrogens (tertiary/aromatic N) is 1. The van der Waals surface area contributed by atoms with E-state index in [2.05, 4.69) is 0 Å². The fraction of sp³-hybridized carbons (Fsp3) is 0.385. The molecule has 1 aromatic carbocycles. The summed E-state index contributed by atoms with van der Waals surface area (Å²) in [5.74, 6) is -2.29. The summed E-state index contributed by atoms with van der Waals surface area (Å²) in [5.41, 5.74) is 5.42. The molecule has 0 aliphatic heterocycles. The van der Waals surface area contributed by atoms with Crippen LogP contribution in [0, 0.1) is 11.6 Å². The third-order valence-corrected chi connectivity index (χ3v) is 3.04. The highest BCUT2D eigenvalue weighted by Crippen LogP contribution is 2.20. The number of hydrogen-bond donors (Lipinski definition) is 2. The van der Waals surface area contributed by atoms with Gasteiger partial charge in [0.25, 0.3) is 0 Å². The summed E-state index contributed by atoms with van der Waals surface area (Å²) in [6.45, 7) is 2.15. The van der Waals surface area contributed by atoms with Crippen LogP contribution in [-0.2, 0) is 4.79 Å². The predicted octanol–water partition coefficient (Wildman–Crippen LogP) is 1.54. The van der Waals surface area contributed by atoms with Crippen molar-refractivity contribution in [2.45, 2.75) is 19.4 Å². The molecule has 7 heteroatoms. The van der Waals surface area contributed by atoms with Crippen LogP contribution in [0.3, 0.4) is 0 Å². The van der Waals surface area contributed by atoms with Crippen LogP contribution < -0.4 is 11.1 Å². The average Bonchev–Trinajstić information content (AvgIpc) is 2.37. The Labute approximate surface area is 115 Å². The molecule has 0 aromatic heterocycles. The van der Waals surface area contributed by atoms with Gasteiger partial charge in [-0.15, -0.1) is 0 Å². The number of urea groups is 1. The van der Waals surface area contributed by atoms with Crippen molar-refractivity contribution in [3.8, 4) is 0 Å². The number of imide groups is 1. The average molecular weight is 285 g/mol. The van der Waals surface area contributed by atoms with Crippen molar-refractivity contribution in [3.05, 3.63) is 35.4 Å². The van der Waals surface area contributed by atoms with Crippen LogP contribution in [-0.4, -0.2) is 30.4 Å². The maximum Gasteiger partial charge on any atom is 0.318 e. The van der Waals surface area contributed by atoms with Crippen molar-refractivity contribution in [2.24, 2.45) is 5.73 Å². The Bertz CT molecular complexity index is 508. The van der Waals surface area contributed by atoms with Gasteiger partial charge in [-0.2, -0.15) is 0 Å². The fourth-order valence-corrected chi connectivity index (χ4v) is 1.70. The van der Waals surface area contributed by atoms with E-state index in [0.29, 0.717) is 12.1 Å². The van der Waals surface area contributed by atoms with Crippen LogP contribution >= 0.6 is 0 Å². The van der Waals surface area contributed by atoms with Crippen molar-refractivity contribution in [1.82, 2.24) is 10.2 Å². The van der Waals surface area contributed by atoms with Crippen molar-refractivity contribution in [2.75, 3.05) is 13.6 Å². The summed E-state index contributed by atoms with van der Waals surface area (Å²) in [7, 11) is 1.74. The van der Waals surface area contributed by atoms with Crippen molar-refractivity contribution < 1.29 is 18.4 Å². The van der Waals surface area contributed by atoms with Gasteiger partial charge < -0.3 is 5.73 Å². The standard InChI is InChI=1S/C13H17F2N3O2/c1-8(9-3-4-10(14)11(15)7-9)18(2)6-5-12(19)17-13(16)20/h3-4,7-8H,5-6H2,1-2H3,(H3,16,17,19,20). The van der Waals surface area contributed by atoms with E-state index in [4.69, 9.17) is 5.73 Å². The Morgan fingerprint density at radius 2 is 2.00 bits per heavy atom. The lowest BCUT2D eigenvalue weighted by Crippen LogP contribution is -2.37. The smallest absolute Gasteiger partial charge is 0.318 e. The molecule has 0 bridgehead atoms. The number of rotatable bonds is 5. The third-order valence-electron chi connectivity index (χ3n) is 3.04. The minimum atomic E-state index is -0.908. The maximum absolute atomic E-state index is 13.2. The van der Waals surface area contributed by atoms with Crippen molar-refractivity contribution in [3.63, 3.8) is 0 Å². The second kappa shape index (κ2) is 6.95. The van der Waals surface area contributed by atoms with E-state index in [-0.39, 0.29) is 12.5 Å². The van der Waals surface area contributed by atoms with E-state index in [0.717, 1.165) is 12.1 Å². The van der Waals surface area contributed by atoms with Crippen LogP contribution in [0.25, 0.3) is 0 Å². The predicted molar refractivity (Wildman–Crippen MR) is 69.7 cm³/mol. The molecule has 0 heterocycles. The van der Waals surface area contributed by atoms with Gasteiger partial charge in [-0.3, -0.25) is 15.0 Å². The molecule has 5 nitrogen and oxygen atoms in total. The summed E-state index contributed by atoms with van der Waals surface area (Å²) in [5, 5.41) is 1.96. The number of carbonyl (C=O) groups excluding carboxylic acids is 2. The summed E-state index contributed by atoms with van der Waals surface area (Å²) < 4.78 is 26.0. The Morgan fingerprint density at radius 3 is 2.55 bits per heavy atom. The van der Waals surface area contributed by atoms with Gasteiger partial charge in [0, 0.05) is 19.0 Å². The normalized spacial score (nSPS) is 12.2. The number of primary amides is 1. The molecule has 3 N–H and O–H groups in total. The quantitative estimate of drug-likeness (QED) is 0.861.